The number of benzene rings is 1. The monoisotopic (exact) mass is 406 g/mol. The number of carbonyl (C=O) groups is 1. The van der Waals surface area contributed by atoms with E-state index in [9.17, 15) is 14.0 Å². The minimum Gasteiger partial charge on any atom is -0.462 e. The molecule has 0 aliphatic carbocycles. The topological polar surface area (TPSA) is 89.4 Å². The smallest absolute Gasteiger partial charge is 0.341 e. The summed E-state index contributed by atoms with van der Waals surface area (Å²) in [6.07, 6.45) is 1.61. The summed E-state index contributed by atoms with van der Waals surface area (Å²) in [7, 11) is 0. The molecule has 0 amide bonds. The van der Waals surface area contributed by atoms with E-state index in [0.29, 0.717) is 11.2 Å². The van der Waals surface area contributed by atoms with Crippen LogP contribution >= 0.6 is 0 Å². The lowest BCUT2D eigenvalue weighted by atomic mass is 10.1. The van der Waals surface area contributed by atoms with Crippen LogP contribution in [0.4, 0.5) is 4.39 Å². The quantitative estimate of drug-likeness (QED) is 0.417. The molecule has 8 heteroatoms. The molecule has 7 nitrogen and oxygen atoms in total. The van der Waals surface area contributed by atoms with E-state index in [-0.39, 0.29) is 46.6 Å². The first-order valence-electron chi connectivity index (χ1n) is 9.42. The number of hydrogen-bond donors (Lipinski definition) is 1. The second kappa shape index (κ2) is 7.55. The Morgan fingerprint density at radius 2 is 1.93 bits per heavy atom. The summed E-state index contributed by atoms with van der Waals surface area (Å²) in [6, 6.07) is 10.8. The van der Waals surface area contributed by atoms with E-state index < -0.39 is 5.97 Å². The molecular formula is C22H19FN4O3. The maximum Gasteiger partial charge on any atom is 0.341 e. The molecule has 4 aromatic rings. The number of halogens is 1. The molecule has 0 bridgehead atoms. The Morgan fingerprint density at radius 1 is 1.20 bits per heavy atom. The van der Waals surface area contributed by atoms with Crippen molar-refractivity contribution < 1.29 is 13.9 Å². The van der Waals surface area contributed by atoms with Crippen LogP contribution in [0.1, 0.15) is 28.4 Å². The molecule has 30 heavy (non-hydrogen) atoms. The number of ether oxygens (including phenoxy) is 1. The molecule has 3 heterocycles. The van der Waals surface area contributed by atoms with Crippen molar-refractivity contribution in [1.29, 1.82) is 5.41 Å². The fourth-order valence-corrected chi connectivity index (χ4v) is 3.39. The van der Waals surface area contributed by atoms with Crippen molar-refractivity contribution in [2.45, 2.75) is 20.4 Å². The summed E-state index contributed by atoms with van der Waals surface area (Å²) >= 11 is 0. The van der Waals surface area contributed by atoms with Crippen LogP contribution in [0.3, 0.4) is 0 Å². The zero-order valence-electron chi connectivity index (χ0n) is 16.5. The third-order valence-corrected chi connectivity index (χ3v) is 4.88. The fourth-order valence-electron chi connectivity index (χ4n) is 3.39. The molecule has 1 aromatic carbocycles. The highest BCUT2D eigenvalue weighted by molar-refractivity contribution is 5.93. The van der Waals surface area contributed by atoms with Crippen molar-refractivity contribution in [2.24, 2.45) is 0 Å². The van der Waals surface area contributed by atoms with Gasteiger partial charge in [0.1, 0.15) is 28.2 Å². The van der Waals surface area contributed by atoms with Gasteiger partial charge in [0.15, 0.2) is 0 Å². The molecule has 0 saturated heterocycles. The Morgan fingerprint density at radius 3 is 2.63 bits per heavy atom. The lowest BCUT2D eigenvalue weighted by molar-refractivity contribution is 0.0523. The van der Waals surface area contributed by atoms with E-state index in [4.69, 9.17) is 10.1 Å². The Balaban J connectivity index is 2.08. The minimum absolute atomic E-state index is 0.0297. The summed E-state index contributed by atoms with van der Waals surface area (Å²) in [4.78, 5) is 30.3. The Hall–Kier alpha value is -3.81. The molecule has 0 unspecified atom stereocenters. The first-order chi connectivity index (χ1) is 14.4. The third-order valence-electron chi connectivity index (χ3n) is 4.88. The number of rotatable bonds is 4. The van der Waals surface area contributed by atoms with Crippen molar-refractivity contribution in [3.63, 3.8) is 0 Å². The zero-order valence-corrected chi connectivity index (χ0v) is 16.5. The standard InChI is InChI=1S/C22H19FN4O3/c1-3-30-22(29)16-11-17-20(25-19-13(2)5-4-10-26(19)21(17)28)27(18(16)24)12-14-6-8-15(23)9-7-14/h4-11,24H,3,12H2,1-2H3. The molecule has 152 valence electrons. The number of aromatic nitrogens is 3. The van der Waals surface area contributed by atoms with Crippen LogP contribution in [-0.2, 0) is 11.3 Å². The maximum atomic E-state index is 13.3. The number of carbonyl (C=O) groups excluding carboxylic acids is 1. The summed E-state index contributed by atoms with van der Waals surface area (Å²) in [6.45, 7) is 3.79. The van der Waals surface area contributed by atoms with Crippen LogP contribution in [0.2, 0.25) is 0 Å². The van der Waals surface area contributed by atoms with Gasteiger partial charge in [-0.25, -0.2) is 14.2 Å². The minimum atomic E-state index is -0.689. The molecule has 0 radical (unpaired) electrons. The SMILES string of the molecule is CCOC(=O)c1cc2c(=O)n3cccc(C)c3nc2n(Cc2ccc(F)cc2)c1=N. The van der Waals surface area contributed by atoms with Gasteiger partial charge in [-0.3, -0.25) is 14.6 Å². The Bertz CT molecular complexity index is 1400. The van der Waals surface area contributed by atoms with Crippen molar-refractivity contribution >= 4 is 22.6 Å². The largest absolute Gasteiger partial charge is 0.462 e. The average Bonchev–Trinajstić information content (AvgIpc) is 2.72. The van der Waals surface area contributed by atoms with Gasteiger partial charge in [0, 0.05) is 6.20 Å². The molecule has 0 aliphatic rings. The highest BCUT2D eigenvalue weighted by atomic mass is 19.1. The van der Waals surface area contributed by atoms with Gasteiger partial charge in [-0.05, 0) is 49.2 Å². The van der Waals surface area contributed by atoms with E-state index in [0.717, 1.165) is 5.56 Å². The number of hydrogen-bond acceptors (Lipinski definition) is 5. The number of nitrogens with zero attached hydrogens (tertiary/aromatic N) is 3. The van der Waals surface area contributed by atoms with Gasteiger partial charge in [0.05, 0.1) is 18.5 Å². The van der Waals surface area contributed by atoms with Gasteiger partial charge < -0.3 is 9.30 Å². The van der Waals surface area contributed by atoms with Crippen molar-refractivity contribution in [3.05, 3.63) is 87.0 Å². The van der Waals surface area contributed by atoms with Crippen LogP contribution in [0, 0.1) is 18.2 Å². The maximum absolute atomic E-state index is 13.3. The van der Waals surface area contributed by atoms with E-state index in [1.54, 1.807) is 31.3 Å². The molecule has 0 spiro atoms. The van der Waals surface area contributed by atoms with Crippen LogP contribution in [0.5, 0.6) is 0 Å². The predicted octanol–water partition coefficient (Wildman–Crippen LogP) is 2.80. The highest BCUT2D eigenvalue weighted by Crippen LogP contribution is 2.15. The van der Waals surface area contributed by atoms with Gasteiger partial charge >= 0.3 is 5.97 Å². The number of aryl methyl sites for hydroxylation is 1. The highest BCUT2D eigenvalue weighted by Gasteiger charge is 2.19. The molecule has 0 atom stereocenters. The van der Waals surface area contributed by atoms with E-state index in [1.807, 2.05) is 13.0 Å². The van der Waals surface area contributed by atoms with Crippen LogP contribution in [0.25, 0.3) is 16.7 Å². The molecule has 0 aliphatic heterocycles. The van der Waals surface area contributed by atoms with Crippen LogP contribution < -0.4 is 11.0 Å². The van der Waals surface area contributed by atoms with E-state index in [2.05, 4.69) is 4.98 Å². The fraction of sp³-hybridized carbons (Fsp3) is 0.182. The van der Waals surface area contributed by atoms with Crippen molar-refractivity contribution in [2.75, 3.05) is 6.61 Å². The van der Waals surface area contributed by atoms with Gasteiger partial charge in [-0.2, -0.15) is 0 Å². The summed E-state index contributed by atoms with van der Waals surface area (Å²) in [5.74, 6) is -1.07. The van der Waals surface area contributed by atoms with Crippen LogP contribution in [-0.4, -0.2) is 26.5 Å². The zero-order chi connectivity index (χ0) is 21.4. The number of pyridine rings is 2. The normalized spacial score (nSPS) is 11.2. The second-order valence-electron chi connectivity index (χ2n) is 6.88. The Kier molecular flexibility index (Phi) is 4.91. The number of nitrogens with one attached hydrogen (secondary N) is 1. The molecule has 3 aromatic heterocycles. The van der Waals surface area contributed by atoms with Gasteiger partial charge in [0.25, 0.3) is 5.56 Å². The van der Waals surface area contributed by atoms with E-state index >= 15 is 0 Å². The third kappa shape index (κ3) is 3.26. The summed E-state index contributed by atoms with van der Waals surface area (Å²) < 4.78 is 21.3. The van der Waals surface area contributed by atoms with E-state index in [1.165, 1.54) is 27.2 Å². The average molecular weight is 406 g/mol. The van der Waals surface area contributed by atoms with Crippen molar-refractivity contribution in [1.82, 2.24) is 14.0 Å². The first-order valence-corrected chi connectivity index (χ1v) is 9.42. The van der Waals surface area contributed by atoms with Gasteiger partial charge in [-0.1, -0.05) is 18.2 Å². The molecular weight excluding hydrogens is 387 g/mol. The number of fused-ring (bicyclic) bond motifs is 2. The second-order valence-corrected chi connectivity index (χ2v) is 6.88. The summed E-state index contributed by atoms with van der Waals surface area (Å²) in [5.41, 5.74) is 1.72. The Labute approximate surface area is 170 Å². The predicted molar refractivity (Wildman–Crippen MR) is 109 cm³/mol. The summed E-state index contributed by atoms with van der Waals surface area (Å²) in [5, 5.41) is 8.79. The molecule has 4 rings (SSSR count). The lowest BCUT2D eigenvalue weighted by Gasteiger charge is -2.15. The molecule has 1 N–H and O–H groups in total. The molecule has 0 fully saturated rings. The van der Waals surface area contributed by atoms with Crippen molar-refractivity contribution in [3.8, 4) is 0 Å². The molecule has 0 saturated carbocycles. The van der Waals surface area contributed by atoms with Gasteiger partial charge in [0.2, 0.25) is 0 Å². The number of esters is 1. The lowest BCUT2D eigenvalue weighted by Crippen LogP contribution is -2.31. The van der Waals surface area contributed by atoms with Crippen LogP contribution in [0.15, 0.2) is 53.5 Å². The first kappa shape index (κ1) is 19.5. The van der Waals surface area contributed by atoms with Gasteiger partial charge in [-0.15, -0.1) is 0 Å².